The summed E-state index contributed by atoms with van der Waals surface area (Å²) in [6.07, 6.45) is 0. The normalized spacial score (nSPS) is 9.95. The number of hydrogen-bond acceptors (Lipinski definition) is 4. The van der Waals surface area contributed by atoms with Crippen LogP contribution in [0.3, 0.4) is 0 Å². The Morgan fingerprint density at radius 1 is 1.33 bits per heavy atom. The Morgan fingerprint density at radius 3 is 2.67 bits per heavy atom. The molecule has 0 N–H and O–H groups in total. The second-order valence-electron chi connectivity index (χ2n) is 4.07. The zero-order chi connectivity index (χ0) is 15.4. The van der Waals surface area contributed by atoms with Crippen LogP contribution in [0, 0.1) is 27.3 Å². The summed E-state index contributed by atoms with van der Waals surface area (Å²) < 4.78 is 19.3. The third-order valence-electron chi connectivity index (χ3n) is 2.70. The van der Waals surface area contributed by atoms with Gasteiger partial charge in [0.15, 0.2) is 0 Å². The van der Waals surface area contributed by atoms with Crippen LogP contribution >= 0.6 is 15.9 Å². The molecular weight excluding hydrogens is 343 g/mol. The van der Waals surface area contributed by atoms with Gasteiger partial charge in [-0.05, 0) is 18.2 Å². The van der Waals surface area contributed by atoms with Crippen molar-refractivity contribution in [3.8, 4) is 11.8 Å². The number of non-ortho nitro benzene ring substituents is 1. The first kappa shape index (κ1) is 14.9. The standard InChI is InChI=1S/C14H8BrFN2O3/c15-13-5-11(18(19)20)3-1-10(13)8-21-12-4-2-9(7-17)14(16)6-12/h1-6H,8H2. The lowest BCUT2D eigenvalue weighted by Crippen LogP contribution is -1.98. The fraction of sp³-hybridized carbons (Fsp3) is 0.0714. The molecule has 0 aliphatic rings. The number of nitrogens with zero attached hydrogens (tertiary/aromatic N) is 2. The topological polar surface area (TPSA) is 76.2 Å². The van der Waals surface area contributed by atoms with E-state index in [1.165, 1.54) is 24.3 Å². The Bertz CT molecular complexity index is 743. The van der Waals surface area contributed by atoms with Gasteiger partial charge in [0.05, 0.1) is 10.5 Å². The van der Waals surface area contributed by atoms with Crippen molar-refractivity contribution in [2.75, 3.05) is 0 Å². The smallest absolute Gasteiger partial charge is 0.270 e. The van der Waals surface area contributed by atoms with Crippen LogP contribution < -0.4 is 4.74 Å². The van der Waals surface area contributed by atoms with E-state index in [-0.39, 0.29) is 23.6 Å². The lowest BCUT2D eigenvalue weighted by Gasteiger charge is -2.08. The molecule has 2 aromatic carbocycles. The molecule has 106 valence electrons. The lowest BCUT2D eigenvalue weighted by atomic mass is 10.2. The average Bonchev–Trinajstić information content (AvgIpc) is 2.46. The molecule has 0 atom stereocenters. The molecule has 0 aromatic heterocycles. The van der Waals surface area contributed by atoms with Crippen molar-refractivity contribution in [1.29, 1.82) is 5.26 Å². The van der Waals surface area contributed by atoms with E-state index in [4.69, 9.17) is 10.00 Å². The van der Waals surface area contributed by atoms with Gasteiger partial charge < -0.3 is 4.74 Å². The molecule has 21 heavy (non-hydrogen) atoms. The van der Waals surface area contributed by atoms with Gasteiger partial charge in [0.1, 0.15) is 24.2 Å². The summed E-state index contributed by atoms with van der Waals surface area (Å²) in [6.45, 7) is 0.115. The van der Waals surface area contributed by atoms with Crippen molar-refractivity contribution in [2.45, 2.75) is 6.61 Å². The Balaban J connectivity index is 2.11. The van der Waals surface area contributed by atoms with Gasteiger partial charge in [0.2, 0.25) is 0 Å². The summed E-state index contributed by atoms with van der Waals surface area (Å²) in [5, 5.41) is 19.3. The first-order valence-corrected chi connectivity index (χ1v) is 6.56. The van der Waals surface area contributed by atoms with E-state index in [1.54, 1.807) is 12.1 Å². The molecule has 2 rings (SSSR count). The average molecular weight is 351 g/mol. The number of rotatable bonds is 4. The summed E-state index contributed by atoms with van der Waals surface area (Å²) >= 11 is 3.22. The maximum atomic E-state index is 13.4. The first-order chi connectivity index (χ1) is 10.0. The number of nitro groups is 1. The number of benzene rings is 2. The molecule has 0 radical (unpaired) electrons. The van der Waals surface area contributed by atoms with Gasteiger partial charge in [0.25, 0.3) is 5.69 Å². The van der Waals surface area contributed by atoms with E-state index in [0.717, 1.165) is 6.07 Å². The molecule has 5 nitrogen and oxygen atoms in total. The molecule has 2 aromatic rings. The highest BCUT2D eigenvalue weighted by Crippen LogP contribution is 2.25. The highest BCUT2D eigenvalue weighted by Gasteiger charge is 2.10. The molecule has 0 fully saturated rings. The van der Waals surface area contributed by atoms with Crippen molar-refractivity contribution in [2.24, 2.45) is 0 Å². The van der Waals surface area contributed by atoms with Crippen LogP contribution in [0.25, 0.3) is 0 Å². The van der Waals surface area contributed by atoms with Gasteiger partial charge in [0, 0.05) is 28.2 Å². The number of hydrogen-bond donors (Lipinski definition) is 0. The summed E-state index contributed by atoms with van der Waals surface area (Å²) in [6, 6.07) is 9.95. The number of nitriles is 1. The van der Waals surface area contributed by atoms with E-state index in [2.05, 4.69) is 15.9 Å². The number of ether oxygens (including phenoxy) is 1. The lowest BCUT2D eigenvalue weighted by molar-refractivity contribution is -0.384. The van der Waals surface area contributed by atoms with Crippen LogP contribution in [0.5, 0.6) is 5.75 Å². The largest absolute Gasteiger partial charge is 0.489 e. The zero-order valence-corrected chi connectivity index (χ0v) is 12.1. The van der Waals surface area contributed by atoms with Crippen LogP contribution in [0.2, 0.25) is 0 Å². The summed E-state index contributed by atoms with van der Waals surface area (Å²) in [4.78, 5) is 10.1. The van der Waals surface area contributed by atoms with Crippen LogP contribution in [-0.2, 0) is 6.61 Å². The maximum absolute atomic E-state index is 13.4. The predicted molar refractivity (Wildman–Crippen MR) is 76.2 cm³/mol. The van der Waals surface area contributed by atoms with E-state index >= 15 is 0 Å². The Labute approximate surface area is 127 Å². The third-order valence-corrected chi connectivity index (χ3v) is 3.44. The van der Waals surface area contributed by atoms with Crippen LogP contribution in [0.15, 0.2) is 40.9 Å². The SMILES string of the molecule is N#Cc1ccc(OCc2ccc([N+](=O)[O-])cc2Br)cc1F. The van der Waals surface area contributed by atoms with Crippen LogP contribution in [0.1, 0.15) is 11.1 Å². The van der Waals surface area contributed by atoms with E-state index in [1.807, 2.05) is 0 Å². The molecule has 0 aliphatic heterocycles. The van der Waals surface area contributed by atoms with Crippen LogP contribution in [0.4, 0.5) is 10.1 Å². The fourth-order valence-electron chi connectivity index (χ4n) is 1.60. The molecule has 0 unspecified atom stereocenters. The van der Waals surface area contributed by atoms with E-state index in [9.17, 15) is 14.5 Å². The molecule has 0 aliphatic carbocycles. The van der Waals surface area contributed by atoms with Gasteiger partial charge in [-0.15, -0.1) is 0 Å². The molecule has 0 amide bonds. The summed E-state index contributed by atoms with van der Waals surface area (Å²) in [5.41, 5.74) is 0.597. The highest BCUT2D eigenvalue weighted by molar-refractivity contribution is 9.10. The molecule has 7 heteroatoms. The van der Waals surface area contributed by atoms with Crippen molar-refractivity contribution in [3.63, 3.8) is 0 Å². The van der Waals surface area contributed by atoms with Crippen molar-refractivity contribution in [3.05, 3.63) is 67.9 Å². The maximum Gasteiger partial charge on any atom is 0.270 e. The minimum absolute atomic E-state index is 0.0324. The van der Waals surface area contributed by atoms with Gasteiger partial charge in [-0.25, -0.2) is 4.39 Å². The Morgan fingerprint density at radius 2 is 2.10 bits per heavy atom. The molecule has 0 saturated carbocycles. The highest BCUT2D eigenvalue weighted by atomic mass is 79.9. The molecule has 0 bridgehead atoms. The number of halogens is 2. The van der Waals surface area contributed by atoms with Crippen LogP contribution in [-0.4, -0.2) is 4.92 Å². The van der Waals surface area contributed by atoms with E-state index < -0.39 is 10.7 Å². The molecular formula is C14H8BrFN2O3. The molecule has 0 spiro atoms. The monoisotopic (exact) mass is 350 g/mol. The third kappa shape index (κ3) is 3.55. The Hall–Kier alpha value is -2.46. The van der Waals surface area contributed by atoms with Gasteiger partial charge >= 0.3 is 0 Å². The second kappa shape index (κ2) is 6.33. The van der Waals surface area contributed by atoms with Gasteiger partial charge in [-0.2, -0.15) is 5.26 Å². The molecule has 0 heterocycles. The second-order valence-corrected chi connectivity index (χ2v) is 4.93. The van der Waals surface area contributed by atoms with Crippen molar-refractivity contribution < 1.29 is 14.1 Å². The van der Waals surface area contributed by atoms with Crippen molar-refractivity contribution in [1.82, 2.24) is 0 Å². The molecule has 0 saturated heterocycles. The zero-order valence-electron chi connectivity index (χ0n) is 10.5. The van der Waals surface area contributed by atoms with Gasteiger partial charge in [-0.1, -0.05) is 15.9 Å². The van der Waals surface area contributed by atoms with E-state index in [0.29, 0.717) is 10.0 Å². The number of nitro benzene ring substituents is 1. The van der Waals surface area contributed by atoms with Gasteiger partial charge in [-0.3, -0.25) is 10.1 Å². The fourth-order valence-corrected chi connectivity index (χ4v) is 2.09. The minimum Gasteiger partial charge on any atom is -0.489 e. The Kier molecular flexibility index (Phi) is 4.50. The quantitative estimate of drug-likeness (QED) is 0.617. The van der Waals surface area contributed by atoms with Crippen molar-refractivity contribution >= 4 is 21.6 Å². The summed E-state index contributed by atoms with van der Waals surface area (Å²) in [7, 11) is 0. The first-order valence-electron chi connectivity index (χ1n) is 5.76. The minimum atomic E-state index is -0.655. The predicted octanol–water partition coefficient (Wildman–Crippen LogP) is 3.95. The summed E-state index contributed by atoms with van der Waals surface area (Å²) in [5.74, 6) is -0.380.